The highest BCUT2D eigenvalue weighted by molar-refractivity contribution is 6.00. The molecule has 1 atom stereocenters. The molecule has 30 heavy (non-hydrogen) atoms. The van der Waals surface area contributed by atoms with Crippen molar-refractivity contribution < 1.29 is 9.53 Å². The summed E-state index contributed by atoms with van der Waals surface area (Å²) in [5.41, 5.74) is 2.02. The first-order valence-electron chi connectivity index (χ1n) is 9.92. The number of nitrogens with zero attached hydrogens (tertiary/aromatic N) is 5. The third kappa shape index (κ3) is 3.91. The number of hydrogen-bond donors (Lipinski definition) is 1. The van der Waals surface area contributed by atoms with Gasteiger partial charge in [0.25, 0.3) is 0 Å². The van der Waals surface area contributed by atoms with E-state index in [0.29, 0.717) is 37.2 Å². The molecule has 1 saturated heterocycles. The summed E-state index contributed by atoms with van der Waals surface area (Å²) in [5, 5.41) is 5.25. The standard InChI is InChI=1S/C22H26N6O2/c1-27(2)18-6-5-14(17-13-30-10-8-19(17)29)15-11-21(24-12-16(15)18)25-20-7-9-23-22(26-20)28(3)4/h5-7,9,11-12,17H,8,10,13H2,1-4H3,(H,23,24,25,26). The number of anilines is 4. The summed E-state index contributed by atoms with van der Waals surface area (Å²) in [6.07, 6.45) is 4.00. The zero-order valence-corrected chi connectivity index (χ0v) is 17.7. The molecule has 4 rings (SSSR count). The molecule has 8 nitrogen and oxygen atoms in total. The van der Waals surface area contributed by atoms with Crippen LogP contribution in [0.3, 0.4) is 0 Å². The Balaban J connectivity index is 1.78. The predicted molar refractivity (Wildman–Crippen MR) is 119 cm³/mol. The van der Waals surface area contributed by atoms with Crippen molar-refractivity contribution in [2.75, 3.05) is 56.5 Å². The molecule has 2 aromatic heterocycles. The van der Waals surface area contributed by atoms with Crippen LogP contribution in [-0.4, -0.2) is 62.1 Å². The Morgan fingerprint density at radius 3 is 2.60 bits per heavy atom. The molecule has 3 heterocycles. The van der Waals surface area contributed by atoms with Crippen LogP contribution >= 0.6 is 0 Å². The Morgan fingerprint density at radius 2 is 1.87 bits per heavy atom. The zero-order chi connectivity index (χ0) is 21.3. The van der Waals surface area contributed by atoms with E-state index in [0.717, 1.165) is 22.0 Å². The number of hydrogen-bond acceptors (Lipinski definition) is 8. The van der Waals surface area contributed by atoms with Crippen molar-refractivity contribution in [2.24, 2.45) is 0 Å². The smallest absolute Gasteiger partial charge is 0.226 e. The van der Waals surface area contributed by atoms with Crippen LogP contribution in [0.4, 0.5) is 23.3 Å². The molecule has 1 fully saturated rings. The highest BCUT2D eigenvalue weighted by atomic mass is 16.5. The quantitative estimate of drug-likeness (QED) is 0.692. The number of aromatic nitrogens is 3. The van der Waals surface area contributed by atoms with Crippen LogP contribution in [0.25, 0.3) is 10.8 Å². The maximum atomic E-state index is 12.6. The molecular formula is C22H26N6O2. The first-order valence-corrected chi connectivity index (χ1v) is 9.92. The third-order valence-electron chi connectivity index (χ3n) is 5.23. The molecule has 1 N–H and O–H groups in total. The van der Waals surface area contributed by atoms with Gasteiger partial charge >= 0.3 is 0 Å². The van der Waals surface area contributed by atoms with E-state index < -0.39 is 0 Å². The number of pyridine rings is 1. The van der Waals surface area contributed by atoms with Crippen LogP contribution in [0.1, 0.15) is 17.9 Å². The van der Waals surface area contributed by atoms with Gasteiger partial charge in [0.1, 0.15) is 17.4 Å². The van der Waals surface area contributed by atoms with E-state index in [1.807, 2.05) is 62.4 Å². The number of Topliss-reactive ketones (excluding diaryl/α,β-unsaturated/α-hetero) is 1. The van der Waals surface area contributed by atoms with Gasteiger partial charge in [-0.1, -0.05) is 6.07 Å². The molecule has 0 radical (unpaired) electrons. The zero-order valence-electron chi connectivity index (χ0n) is 17.7. The van der Waals surface area contributed by atoms with Gasteiger partial charge in [-0.15, -0.1) is 0 Å². The minimum absolute atomic E-state index is 0.220. The van der Waals surface area contributed by atoms with Crippen LogP contribution in [0.15, 0.2) is 36.7 Å². The SMILES string of the molecule is CN(C)c1nccc(Nc2cc3c(C4COCCC4=O)ccc(N(C)C)c3cn2)n1. The van der Waals surface area contributed by atoms with Crippen molar-refractivity contribution in [3.8, 4) is 0 Å². The van der Waals surface area contributed by atoms with E-state index in [9.17, 15) is 4.79 Å². The second kappa shape index (κ2) is 8.23. The highest BCUT2D eigenvalue weighted by Crippen LogP contribution is 2.35. The van der Waals surface area contributed by atoms with Crippen LogP contribution < -0.4 is 15.1 Å². The normalized spacial score (nSPS) is 16.5. The van der Waals surface area contributed by atoms with E-state index >= 15 is 0 Å². The van der Waals surface area contributed by atoms with Gasteiger partial charge < -0.3 is 19.9 Å². The summed E-state index contributed by atoms with van der Waals surface area (Å²) in [6.45, 7) is 0.914. The number of ether oxygens (including phenoxy) is 1. The Bertz CT molecular complexity index is 1080. The van der Waals surface area contributed by atoms with Crippen LogP contribution in [0.5, 0.6) is 0 Å². The average molecular weight is 406 g/mol. The van der Waals surface area contributed by atoms with Crippen molar-refractivity contribution in [1.82, 2.24) is 15.0 Å². The van der Waals surface area contributed by atoms with Crippen LogP contribution in [0, 0.1) is 0 Å². The van der Waals surface area contributed by atoms with E-state index in [2.05, 4.69) is 20.3 Å². The van der Waals surface area contributed by atoms with Gasteiger partial charge in [-0.05, 0) is 29.1 Å². The van der Waals surface area contributed by atoms with Gasteiger partial charge in [-0.25, -0.2) is 9.97 Å². The third-order valence-corrected chi connectivity index (χ3v) is 5.23. The van der Waals surface area contributed by atoms with Gasteiger partial charge in [0.15, 0.2) is 0 Å². The van der Waals surface area contributed by atoms with E-state index in [-0.39, 0.29) is 11.7 Å². The lowest BCUT2D eigenvalue weighted by Crippen LogP contribution is -2.26. The lowest BCUT2D eigenvalue weighted by Gasteiger charge is -2.24. The van der Waals surface area contributed by atoms with Crippen molar-refractivity contribution in [2.45, 2.75) is 12.3 Å². The van der Waals surface area contributed by atoms with Crippen molar-refractivity contribution in [1.29, 1.82) is 0 Å². The molecule has 0 amide bonds. The maximum Gasteiger partial charge on any atom is 0.226 e. The van der Waals surface area contributed by atoms with Crippen LogP contribution in [0.2, 0.25) is 0 Å². The number of benzene rings is 1. The minimum atomic E-state index is -0.257. The largest absolute Gasteiger partial charge is 0.380 e. The van der Waals surface area contributed by atoms with Gasteiger partial charge in [0.2, 0.25) is 5.95 Å². The molecular weight excluding hydrogens is 380 g/mol. The molecule has 0 bridgehead atoms. The van der Waals surface area contributed by atoms with Gasteiger partial charge in [-0.2, -0.15) is 4.98 Å². The van der Waals surface area contributed by atoms with Crippen molar-refractivity contribution in [3.05, 3.63) is 42.2 Å². The summed E-state index contributed by atoms with van der Waals surface area (Å²) in [7, 11) is 7.79. The molecule has 1 aromatic carbocycles. The molecule has 0 saturated carbocycles. The minimum Gasteiger partial charge on any atom is -0.380 e. The summed E-state index contributed by atoms with van der Waals surface area (Å²) in [5.74, 6) is 1.89. The summed E-state index contributed by atoms with van der Waals surface area (Å²) >= 11 is 0. The van der Waals surface area contributed by atoms with E-state index in [1.54, 1.807) is 12.3 Å². The number of fused-ring (bicyclic) bond motifs is 1. The molecule has 8 heteroatoms. The second-order valence-corrected chi connectivity index (χ2v) is 7.79. The van der Waals surface area contributed by atoms with E-state index in [1.165, 1.54) is 0 Å². The Morgan fingerprint density at radius 1 is 1.03 bits per heavy atom. The van der Waals surface area contributed by atoms with Gasteiger partial charge in [0, 0.05) is 58.1 Å². The first kappa shape index (κ1) is 20.0. The molecule has 3 aromatic rings. The monoisotopic (exact) mass is 406 g/mol. The summed E-state index contributed by atoms with van der Waals surface area (Å²) < 4.78 is 5.61. The predicted octanol–water partition coefficient (Wildman–Crippen LogP) is 2.97. The summed E-state index contributed by atoms with van der Waals surface area (Å²) in [4.78, 5) is 29.8. The Labute approximate surface area is 175 Å². The second-order valence-electron chi connectivity index (χ2n) is 7.79. The lowest BCUT2D eigenvalue weighted by atomic mass is 9.88. The molecule has 1 aliphatic heterocycles. The Hall–Kier alpha value is -3.26. The Kier molecular flexibility index (Phi) is 5.50. The molecule has 0 spiro atoms. The summed E-state index contributed by atoms with van der Waals surface area (Å²) in [6, 6.07) is 7.86. The molecule has 0 aliphatic carbocycles. The number of carbonyl (C=O) groups is 1. The first-order chi connectivity index (χ1) is 14.4. The van der Waals surface area contributed by atoms with E-state index in [4.69, 9.17) is 4.74 Å². The fourth-order valence-electron chi connectivity index (χ4n) is 3.68. The number of rotatable bonds is 5. The fourth-order valence-corrected chi connectivity index (χ4v) is 3.68. The van der Waals surface area contributed by atoms with Gasteiger partial charge in [0.05, 0.1) is 19.1 Å². The number of ketones is 1. The maximum absolute atomic E-state index is 12.6. The fraction of sp³-hybridized carbons (Fsp3) is 0.364. The highest BCUT2D eigenvalue weighted by Gasteiger charge is 2.27. The lowest BCUT2D eigenvalue weighted by molar-refractivity contribution is -0.126. The topological polar surface area (TPSA) is 83.5 Å². The van der Waals surface area contributed by atoms with Gasteiger partial charge in [-0.3, -0.25) is 4.79 Å². The van der Waals surface area contributed by atoms with Crippen LogP contribution in [-0.2, 0) is 9.53 Å². The molecule has 1 unspecified atom stereocenters. The molecule has 1 aliphatic rings. The number of carbonyl (C=O) groups excluding carboxylic acids is 1. The number of nitrogens with one attached hydrogen (secondary N) is 1. The molecule has 156 valence electrons. The average Bonchev–Trinajstić information content (AvgIpc) is 2.73. The van der Waals surface area contributed by atoms with Crippen molar-refractivity contribution in [3.63, 3.8) is 0 Å². The van der Waals surface area contributed by atoms with Crippen molar-refractivity contribution >= 4 is 39.8 Å².